The molecule has 4 heteroatoms. The molecule has 2 aliphatic rings. The quantitative estimate of drug-likeness (QED) is 0.924. The molecule has 3 nitrogen and oxygen atoms in total. The number of aryl methyl sites for hydroxylation is 2. The second-order valence-corrected chi connectivity index (χ2v) is 8.09. The van der Waals surface area contributed by atoms with Crippen LogP contribution in [0.1, 0.15) is 48.7 Å². The monoisotopic (exact) mass is 293 g/mol. The average Bonchev–Trinajstić information content (AvgIpc) is 3.21. The van der Waals surface area contributed by atoms with Gasteiger partial charge < -0.3 is 5.32 Å². The van der Waals surface area contributed by atoms with Gasteiger partial charge >= 0.3 is 0 Å². The van der Waals surface area contributed by atoms with E-state index < -0.39 is 0 Å². The molecule has 1 aromatic rings. The highest BCUT2D eigenvalue weighted by molar-refractivity contribution is 7.11. The predicted molar refractivity (Wildman–Crippen MR) is 85.2 cm³/mol. The Morgan fingerprint density at radius 2 is 2.15 bits per heavy atom. The van der Waals surface area contributed by atoms with Crippen LogP contribution < -0.4 is 5.32 Å². The molecule has 1 aliphatic heterocycles. The van der Waals surface area contributed by atoms with Crippen molar-refractivity contribution in [3.05, 3.63) is 15.6 Å². The van der Waals surface area contributed by atoms with Gasteiger partial charge in [0.15, 0.2) is 0 Å². The highest BCUT2D eigenvalue weighted by Gasteiger charge is 2.41. The van der Waals surface area contributed by atoms with Crippen LogP contribution in [0, 0.1) is 19.8 Å². The Labute approximate surface area is 126 Å². The summed E-state index contributed by atoms with van der Waals surface area (Å²) in [4.78, 5) is 8.80. The highest BCUT2D eigenvalue weighted by atomic mass is 32.1. The summed E-state index contributed by atoms with van der Waals surface area (Å²) >= 11 is 1.87. The third-order valence-corrected chi connectivity index (χ3v) is 6.33. The minimum absolute atomic E-state index is 0.277. The van der Waals surface area contributed by atoms with Crippen LogP contribution in [-0.4, -0.2) is 34.6 Å². The number of nitrogens with zero attached hydrogens (tertiary/aromatic N) is 2. The first-order valence-corrected chi connectivity index (χ1v) is 8.75. The molecule has 112 valence electrons. The van der Waals surface area contributed by atoms with Crippen molar-refractivity contribution >= 4 is 11.3 Å². The van der Waals surface area contributed by atoms with E-state index in [1.54, 1.807) is 0 Å². The van der Waals surface area contributed by atoms with Crippen LogP contribution in [0.3, 0.4) is 0 Å². The molecule has 2 heterocycles. The Balaban J connectivity index is 1.75. The normalized spacial score (nSPS) is 31.7. The van der Waals surface area contributed by atoms with Crippen molar-refractivity contribution in [1.82, 2.24) is 15.2 Å². The third kappa shape index (κ3) is 2.78. The zero-order valence-electron chi connectivity index (χ0n) is 13.2. The molecule has 20 heavy (non-hydrogen) atoms. The molecule has 1 saturated heterocycles. The fourth-order valence-corrected chi connectivity index (χ4v) is 4.12. The van der Waals surface area contributed by atoms with Crippen molar-refractivity contribution in [2.75, 3.05) is 13.1 Å². The smallest absolute Gasteiger partial charge is 0.107 e. The van der Waals surface area contributed by atoms with Gasteiger partial charge in [-0.1, -0.05) is 6.92 Å². The number of hydrogen-bond acceptors (Lipinski definition) is 4. The van der Waals surface area contributed by atoms with Crippen LogP contribution in [0.25, 0.3) is 0 Å². The summed E-state index contributed by atoms with van der Waals surface area (Å²) in [7, 11) is 0. The SMILES string of the molecule is CCC1(C)CNC(C2CC2)CN1Cc1nc(C)c(C)s1. The van der Waals surface area contributed by atoms with Gasteiger partial charge in [0.25, 0.3) is 0 Å². The number of thiazole rings is 1. The molecule has 2 atom stereocenters. The fourth-order valence-electron chi connectivity index (χ4n) is 3.17. The van der Waals surface area contributed by atoms with Crippen molar-refractivity contribution in [2.24, 2.45) is 5.92 Å². The number of nitrogens with one attached hydrogen (secondary N) is 1. The van der Waals surface area contributed by atoms with Crippen LogP contribution in [-0.2, 0) is 6.54 Å². The van der Waals surface area contributed by atoms with E-state index in [4.69, 9.17) is 4.98 Å². The minimum Gasteiger partial charge on any atom is -0.311 e. The van der Waals surface area contributed by atoms with Gasteiger partial charge in [0.1, 0.15) is 5.01 Å². The summed E-state index contributed by atoms with van der Waals surface area (Å²) in [5.41, 5.74) is 1.48. The number of hydrogen-bond donors (Lipinski definition) is 1. The van der Waals surface area contributed by atoms with Gasteiger partial charge in [0, 0.05) is 29.5 Å². The molecule has 3 rings (SSSR count). The molecule has 0 spiro atoms. The van der Waals surface area contributed by atoms with Crippen LogP contribution in [0.4, 0.5) is 0 Å². The molecule has 2 unspecified atom stereocenters. The van der Waals surface area contributed by atoms with Gasteiger partial charge in [0.05, 0.1) is 12.2 Å². The lowest BCUT2D eigenvalue weighted by Crippen LogP contribution is -2.63. The molecular weight excluding hydrogens is 266 g/mol. The topological polar surface area (TPSA) is 28.2 Å². The summed E-state index contributed by atoms with van der Waals surface area (Å²) in [6.07, 6.45) is 4.04. The van der Waals surface area contributed by atoms with Gasteiger partial charge in [-0.25, -0.2) is 4.98 Å². The molecule has 0 radical (unpaired) electrons. The molecule has 0 amide bonds. The highest BCUT2D eigenvalue weighted by Crippen LogP contribution is 2.37. The predicted octanol–water partition coefficient (Wildman–Crippen LogP) is 3.11. The van der Waals surface area contributed by atoms with Crippen molar-refractivity contribution in [3.8, 4) is 0 Å². The molecule has 1 saturated carbocycles. The number of rotatable bonds is 4. The molecule has 0 aromatic carbocycles. The number of aromatic nitrogens is 1. The van der Waals surface area contributed by atoms with E-state index in [1.807, 2.05) is 11.3 Å². The van der Waals surface area contributed by atoms with Crippen molar-refractivity contribution < 1.29 is 0 Å². The maximum Gasteiger partial charge on any atom is 0.107 e. The lowest BCUT2D eigenvalue weighted by Gasteiger charge is -2.48. The Kier molecular flexibility index (Phi) is 3.91. The molecular formula is C16H27N3S. The molecule has 1 N–H and O–H groups in total. The van der Waals surface area contributed by atoms with Crippen LogP contribution in [0.2, 0.25) is 0 Å². The fraction of sp³-hybridized carbons (Fsp3) is 0.812. The summed E-state index contributed by atoms with van der Waals surface area (Å²) in [5.74, 6) is 0.929. The molecule has 0 bridgehead atoms. The van der Waals surface area contributed by atoms with E-state index >= 15 is 0 Å². The Hall–Kier alpha value is -0.450. The third-order valence-electron chi connectivity index (χ3n) is 5.28. The van der Waals surface area contributed by atoms with E-state index in [2.05, 4.69) is 37.9 Å². The maximum atomic E-state index is 4.75. The largest absolute Gasteiger partial charge is 0.311 e. The maximum absolute atomic E-state index is 4.75. The van der Waals surface area contributed by atoms with E-state index in [0.29, 0.717) is 6.04 Å². The van der Waals surface area contributed by atoms with E-state index in [-0.39, 0.29) is 5.54 Å². The summed E-state index contributed by atoms with van der Waals surface area (Å²) in [6, 6.07) is 0.705. The van der Waals surface area contributed by atoms with Crippen molar-refractivity contribution in [2.45, 2.75) is 65.1 Å². The lowest BCUT2D eigenvalue weighted by atomic mass is 9.91. The Morgan fingerprint density at radius 3 is 2.70 bits per heavy atom. The molecule has 2 fully saturated rings. The first-order valence-electron chi connectivity index (χ1n) is 7.93. The van der Waals surface area contributed by atoms with Crippen LogP contribution >= 0.6 is 11.3 Å². The van der Waals surface area contributed by atoms with Crippen molar-refractivity contribution in [3.63, 3.8) is 0 Å². The lowest BCUT2D eigenvalue weighted by molar-refractivity contribution is 0.0368. The molecule has 1 aromatic heterocycles. The minimum atomic E-state index is 0.277. The number of piperazine rings is 1. The van der Waals surface area contributed by atoms with E-state index in [1.165, 1.54) is 41.4 Å². The summed E-state index contributed by atoms with van der Waals surface area (Å²) in [6.45, 7) is 12.3. The van der Waals surface area contributed by atoms with Gasteiger partial charge in [-0.15, -0.1) is 11.3 Å². The molecule has 1 aliphatic carbocycles. The Bertz CT molecular complexity index is 461. The van der Waals surface area contributed by atoms with Gasteiger partial charge in [-0.3, -0.25) is 4.90 Å². The van der Waals surface area contributed by atoms with Gasteiger partial charge in [-0.05, 0) is 46.0 Å². The van der Waals surface area contributed by atoms with Crippen molar-refractivity contribution in [1.29, 1.82) is 0 Å². The van der Waals surface area contributed by atoms with Gasteiger partial charge in [0.2, 0.25) is 0 Å². The average molecular weight is 293 g/mol. The summed E-state index contributed by atoms with van der Waals surface area (Å²) < 4.78 is 0. The second-order valence-electron chi connectivity index (χ2n) is 6.81. The first kappa shape index (κ1) is 14.5. The summed E-state index contributed by atoms with van der Waals surface area (Å²) in [5, 5.41) is 5.08. The second kappa shape index (κ2) is 5.39. The Morgan fingerprint density at radius 1 is 1.40 bits per heavy atom. The zero-order valence-corrected chi connectivity index (χ0v) is 14.0. The zero-order chi connectivity index (χ0) is 14.3. The van der Waals surface area contributed by atoms with Crippen LogP contribution in [0.5, 0.6) is 0 Å². The van der Waals surface area contributed by atoms with E-state index in [9.17, 15) is 0 Å². The standard InChI is InChI=1S/C16H27N3S/c1-5-16(4)10-17-14(13-6-7-13)8-19(16)9-15-18-11(2)12(3)20-15/h13-14,17H,5-10H2,1-4H3. The first-order chi connectivity index (χ1) is 9.51. The van der Waals surface area contributed by atoms with E-state index in [0.717, 1.165) is 19.0 Å². The van der Waals surface area contributed by atoms with Crippen LogP contribution in [0.15, 0.2) is 0 Å². The van der Waals surface area contributed by atoms with Gasteiger partial charge in [-0.2, -0.15) is 0 Å².